The van der Waals surface area contributed by atoms with Crippen LogP contribution in [0.2, 0.25) is 0 Å². The van der Waals surface area contributed by atoms with E-state index >= 15 is 0 Å². The van der Waals surface area contributed by atoms with Crippen LogP contribution in [0.15, 0.2) is 40.1 Å². The second-order valence-electron chi connectivity index (χ2n) is 4.94. The van der Waals surface area contributed by atoms with Crippen LogP contribution in [0, 0.1) is 0 Å². The Balaban J connectivity index is 2.81. The Kier molecular flexibility index (Phi) is 3.10. The van der Waals surface area contributed by atoms with Gasteiger partial charge in [-0.1, -0.05) is 19.9 Å². The Morgan fingerprint density at radius 3 is 2.63 bits per heavy atom. The lowest BCUT2D eigenvalue weighted by molar-refractivity contribution is 0.405. The zero-order valence-electron chi connectivity index (χ0n) is 11.2. The first-order valence-electron chi connectivity index (χ1n) is 5.88. The molecule has 2 rings (SSSR count). The van der Waals surface area contributed by atoms with Gasteiger partial charge in [0.25, 0.3) is 0 Å². The quantitative estimate of drug-likeness (QED) is 0.680. The summed E-state index contributed by atoms with van der Waals surface area (Å²) in [6, 6.07) is 4.81. The smallest absolute Gasteiger partial charge is 0.340 e. The van der Waals surface area contributed by atoms with Crippen molar-refractivity contribution < 1.29 is 14.3 Å². The maximum Gasteiger partial charge on any atom is 0.340 e. The van der Waals surface area contributed by atoms with Gasteiger partial charge in [0.15, 0.2) is 11.3 Å². The van der Waals surface area contributed by atoms with Gasteiger partial charge in [-0.15, -0.1) is 6.58 Å². The molecule has 100 valence electrons. The topological polar surface area (TPSA) is 59.7 Å². The molecular formula is C15H16O4. The van der Waals surface area contributed by atoms with Crippen molar-refractivity contribution in [2.75, 3.05) is 7.11 Å². The van der Waals surface area contributed by atoms with E-state index in [1.54, 1.807) is 18.2 Å². The van der Waals surface area contributed by atoms with Gasteiger partial charge in [-0.05, 0) is 12.1 Å². The molecule has 2 aromatic rings. The second-order valence-corrected chi connectivity index (χ2v) is 4.94. The molecule has 0 atom stereocenters. The molecule has 0 saturated carbocycles. The van der Waals surface area contributed by atoms with E-state index in [0.717, 1.165) is 0 Å². The number of methoxy groups -OCH3 is 1. The van der Waals surface area contributed by atoms with E-state index in [-0.39, 0.29) is 11.3 Å². The molecule has 0 saturated heterocycles. The Morgan fingerprint density at radius 2 is 2.05 bits per heavy atom. The van der Waals surface area contributed by atoms with Crippen LogP contribution in [0.5, 0.6) is 11.5 Å². The van der Waals surface area contributed by atoms with Crippen LogP contribution in [-0.2, 0) is 5.41 Å². The molecule has 0 aliphatic rings. The summed E-state index contributed by atoms with van der Waals surface area (Å²) in [5.41, 5.74) is -0.331. The lowest BCUT2D eigenvalue weighted by atomic mass is 9.85. The van der Waals surface area contributed by atoms with Gasteiger partial charge in [-0.3, -0.25) is 0 Å². The maximum absolute atomic E-state index is 12.0. The molecular weight excluding hydrogens is 244 g/mol. The molecule has 0 bridgehead atoms. The molecule has 1 N–H and O–H groups in total. The lowest BCUT2D eigenvalue weighted by Gasteiger charge is -2.19. The van der Waals surface area contributed by atoms with Gasteiger partial charge >= 0.3 is 5.63 Å². The highest BCUT2D eigenvalue weighted by Gasteiger charge is 2.22. The Morgan fingerprint density at radius 1 is 1.37 bits per heavy atom. The summed E-state index contributed by atoms with van der Waals surface area (Å²) in [5, 5.41) is 10.4. The number of phenolic OH excluding ortho intramolecular Hbond substituents is 1. The van der Waals surface area contributed by atoms with E-state index in [4.69, 9.17) is 9.15 Å². The molecule has 0 aliphatic carbocycles. The molecule has 0 aliphatic heterocycles. The number of hydrogen-bond acceptors (Lipinski definition) is 4. The predicted octanol–water partition coefficient (Wildman–Crippen LogP) is 2.97. The third kappa shape index (κ3) is 2.21. The maximum atomic E-state index is 12.0. The fourth-order valence-electron chi connectivity index (χ4n) is 1.87. The van der Waals surface area contributed by atoms with Gasteiger partial charge in [0.2, 0.25) is 0 Å². The van der Waals surface area contributed by atoms with Crippen molar-refractivity contribution in [1.29, 1.82) is 0 Å². The third-order valence-corrected chi connectivity index (χ3v) is 3.23. The number of hydrogen-bond donors (Lipinski definition) is 1. The van der Waals surface area contributed by atoms with Crippen molar-refractivity contribution >= 4 is 11.0 Å². The minimum Gasteiger partial charge on any atom is -0.504 e. The number of aromatic hydroxyl groups is 1. The van der Waals surface area contributed by atoms with Gasteiger partial charge in [-0.25, -0.2) is 4.79 Å². The number of ether oxygens (including phenoxy) is 1. The molecule has 4 heteroatoms. The minimum absolute atomic E-state index is 0.116. The average molecular weight is 260 g/mol. The van der Waals surface area contributed by atoms with Gasteiger partial charge in [0, 0.05) is 22.4 Å². The Labute approximate surface area is 110 Å². The normalized spacial score (nSPS) is 11.5. The fraction of sp³-hybridized carbons (Fsp3) is 0.267. The summed E-state index contributed by atoms with van der Waals surface area (Å²) in [5.74, 6) is 0.385. The lowest BCUT2D eigenvalue weighted by Crippen LogP contribution is -2.22. The minimum atomic E-state index is -0.506. The summed E-state index contributed by atoms with van der Waals surface area (Å²) >= 11 is 0. The van der Waals surface area contributed by atoms with E-state index in [9.17, 15) is 9.90 Å². The molecule has 4 nitrogen and oxygen atoms in total. The molecule has 0 radical (unpaired) electrons. The molecule has 0 amide bonds. The van der Waals surface area contributed by atoms with Crippen molar-refractivity contribution in [3.63, 3.8) is 0 Å². The fourth-order valence-corrected chi connectivity index (χ4v) is 1.87. The number of phenols is 1. The first-order valence-corrected chi connectivity index (χ1v) is 5.88. The summed E-state index contributed by atoms with van der Waals surface area (Å²) < 4.78 is 10.3. The third-order valence-electron chi connectivity index (χ3n) is 3.23. The molecule has 1 aromatic carbocycles. The SMILES string of the molecule is C=CC(C)(C)c1cc2cc(OC)cc(O)c2oc1=O. The number of benzene rings is 1. The standard InChI is InChI=1S/C15H16O4/c1-5-15(2,3)11-7-9-6-10(18-4)8-12(16)13(9)19-14(11)17/h5-8,16H,1H2,2-4H3. The molecule has 0 spiro atoms. The first kappa shape index (κ1) is 13.2. The van der Waals surface area contributed by atoms with Crippen molar-refractivity contribution in [3.8, 4) is 11.5 Å². The second kappa shape index (κ2) is 4.46. The van der Waals surface area contributed by atoms with Crippen LogP contribution in [0.25, 0.3) is 11.0 Å². The van der Waals surface area contributed by atoms with Gasteiger partial charge in [0.05, 0.1) is 7.11 Å². The molecule has 0 unspecified atom stereocenters. The summed E-state index contributed by atoms with van der Waals surface area (Å²) in [4.78, 5) is 12.0. The number of fused-ring (bicyclic) bond motifs is 1. The number of allylic oxidation sites excluding steroid dienone is 1. The zero-order valence-corrected chi connectivity index (χ0v) is 11.2. The highest BCUT2D eigenvalue weighted by atomic mass is 16.5. The number of rotatable bonds is 3. The van der Waals surface area contributed by atoms with Crippen molar-refractivity contribution in [2.45, 2.75) is 19.3 Å². The molecule has 1 heterocycles. The van der Waals surface area contributed by atoms with Crippen molar-refractivity contribution in [1.82, 2.24) is 0 Å². The highest BCUT2D eigenvalue weighted by molar-refractivity contribution is 5.84. The Bertz CT molecular complexity index is 695. The van der Waals surface area contributed by atoms with Gasteiger partial charge in [-0.2, -0.15) is 0 Å². The summed E-state index contributed by atoms with van der Waals surface area (Å²) in [6.45, 7) is 7.47. The van der Waals surface area contributed by atoms with E-state index in [2.05, 4.69) is 6.58 Å². The summed E-state index contributed by atoms with van der Waals surface area (Å²) in [7, 11) is 1.51. The van der Waals surface area contributed by atoms with Crippen LogP contribution < -0.4 is 10.4 Å². The average Bonchev–Trinajstić information content (AvgIpc) is 2.38. The van der Waals surface area contributed by atoms with Crippen LogP contribution in [0.1, 0.15) is 19.4 Å². The van der Waals surface area contributed by atoms with Crippen molar-refractivity contribution in [3.05, 3.63) is 46.8 Å². The van der Waals surface area contributed by atoms with E-state index < -0.39 is 11.0 Å². The van der Waals surface area contributed by atoms with E-state index in [1.807, 2.05) is 13.8 Å². The first-order chi connectivity index (χ1) is 8.89. The largest absolute Gasteiger partial charge is 0.504 e. The molecule has 1 aromatic heterocycles. The van der Waals surface area contributed by atoms with Gasteiger partial charge < -0.3 is 14.3 Å². The predicted molar refractivity (Wildman–Crippen MR) is 73.9 cm³/mol. The van der Waals surface area contributed by atoms with Crippen molar-refractivity contribution in [2.24, 2.45) is 0 Å². The van der Waals surface area contributed by atoms with E-state index in [0.29, 0.717) is 16.7 Å². The zero-order chi connectivity index (χ0) is 14.2. The van der Waals surface area contributed by atoms with Crippen LogP contribution in [0.4, 0.5) is 0 Å². The monoisotopic (exact) mass is 260 g/mol. The van der Waals surface area contributed by atoms with Crippen LogP contribution >= 0.6 is 0 Å². The van der Waals surface area contributed by atoms with Crippen LogP contribution in [-0.4, -0.2) is 12.2 Å². The summed E-state index contributed by atoms with van der Waals surface area (Å²) in [6.07, 6.45) is 1.69. The van der Waals surface area contributed by atoms with E-state index in [1.165, 1.54) is 13.2 Å². The highest BCUT2D eigenvalue weighted by Crippen LogP contribution is 2.32. The molecule has 19 heavy (non-hydrogen) atoms. The van der Waals surface area contributed by atoms with Crippen LogP contribution in [0.3, 0.4) is 0 Å². The molecule has 0 fully saturated rings. The Hall–Kier alpha value is -2.23. The van der Waals surface area contributed by atoms with Gasteiger partial charge in [0.1, 0.15) is 5.75 Å².